The molecule has 1 rings (SSSR count). The SMILES string of the molecule is CC=C[C@H]1[C@H](C)[C@H](O[Si](C)(C)C(C)(C)C)[C@@H](C)C(=O)N1C. The Balaban J connectivity index is 3.07. The van der Waals surface area contributed by atoms with Crippen LogP contribution in [0.3, 0.4) is 0 Å². The van der Waals surface area contributed by atoms with Crippen molar-refractivity contribution in [2.45, 2.75) is 71.8 Å². The molecule has 1 amide bonds. The van der Waals surface area contributed by atoms with Crippen molar-refractivity contribution in [3.05, 3.63) is 12.2 Å². The normalized spacial score (nSPS) is 32.0. The molecule has 0 saturated carbocycles. The standard InChI is InChI=1S/C17H33NO2Si/c1-10-11-14-12(2)15(13(3)16(19)18(14)7)20-21(8,9)17(4,5)6/h10-15H,1-9H3/t12-,13+,14-,15-/m0/s1. The van der Waals surface area contributed by atoms with E-state index in [4.69, 9.17) is 4.43 Å². The number of hydrogen-bond acceptors (Lipinski definition) is 2. The Morgan fingerprint density at radius 3 is 2.19 bits per heavy atom. The van der Waals surface area contributed by atoms with Gasteiger partial charge in [0.2, 0.25) is 5.91 Å². The third-order valence-electron chi connectivity index (χ3n) is 5.36. The van der Waals surface area contributed by atoms with Gasteiger partial charge in [-0.15, -0.1) is 0 Å². The number of likely N-dealkylation sites (N-methyl/N-ethyl adjacent to an activating group) is 1. The fourth-order valence-corrected chi connectivity index (χ4v) is 4.29. The molecule has 1 saturated heterocycles. The van der Waals surface area contributed by atoms with E-state index < -0.39 is 8.32 Å². The number of likely N-dealkylation sites (tertiary alicyclic amines) is 1. The summed E-state index contributed by atoms with van der Waals surface area (Å²) in [6.45, 7) is 17.5. The molecule has 0 aliphatic carbocycles. The van der Waals surface area contributed by atoms with E-state index in [1.165, 1.54) is 0 Å². The predicted molar refractivity (Wildman–Crippen MR) is 91.8 cm³/mol. The average molecular weight is 312 g/mol. The molecule has 1 fully saturated rings. The van der Waals surface area contributed by atoms with Gasteiger partial charge in [-0.3, -0.25) is 4.79 Å². The van der Waals surface area contributed by atoms with E-state index in [0.29, 0.717) is 5.92 Å². The Morgan fingerprint density at radius 1 is 1.24 bits per heavy atom. The van der Waals surface area contributed by atoms with Crippen LogP contribution >= 0.6 is 0 Å². The molecule has 1 aliphatic rings. The van der Waals surface area contributed by atoms with Crippen LogP contribution in [-0.4, -0.2) is 38.3 Å². The number of piperidine rings is 1. The molecule has 122 valence electrons. The van der Waals surface area contributed by atoms with E-state index in [9.17, 15) is 4.79 Å². The molecule has 4 heteroatoms. The van der Waals surface area contributed by atoms with Gasteiger partial charge in [0.05, 0.1) is 18.1 Å². The van der Waals surface area contributed by atoms with E-state index in [1.54, 1.807) is 0 Å². The first-order valence-electron chi connectivity index (χ1n) is 8.01. The summed E-state index contributed by atoms with van der Waals surface area (Å²) in [7, 11) is 0.0304. The number of amides is 1. The zero-order chi connectivity index (χ0) is 16.6. The largest absolute Gasteiger partial charge is 0.413 e. The molecular formula is C17H33NO2Si. The second-order valence-corrected chi connectivity index (χ2v) is 12.7. The van der Waals surface area contributed by atoms with Crippen LogP contribution in [0.4, 0.5) is 0 Å². The van der Waals surface area contributed by atoms with Crippen molar-refractivity contribution in [2.75, 3.05) is 7.05 Å². The second kappa shape index (κ2) is 6.25. The number of allylic oxidation sites excluding steroid dienone is 1. The molecule has 4 atom stereocenters. The summed E-state index contributed by atoms with van der Waals surface area (Å²) >= 11 is 0. The Hall–Kier alpha value is -0.613. The maximum atomic E-state index is 12.5. The summed E-state index contributed by atoms with van der Waals surface area (Å²) in [6, 6.07) is 0.133. The van der Waals surface area contributed by atoms with E-state index >= 15 is 0 Å². The molecule has 0 aromatic heterocycles. The van der Waals surface area contributed by atoms with Crippen molar-refractivity contribution in [1.29, 1.82) is 0 Å². The van der Waals surface area contributed by atoms with Crippen molar-refractivity contribution in [3.63, 3.8) is 0 Å². The summed E-state index contributed by atoms with van der Waals surface area (Å²) in [4.78, 5) is 14.4. The zero-order valence-corrected chi connectivity index (χ0v) is 16.2. The molecule has 0 bridgehead atoms. The lowest BCUT2D eigenvalue weighted by atomic mass is 9.82. The van der Waals surface area contributed by atoms with E-state index in [-0.39, 0.29) is 29.0 Å². The van der Waals surface area contributed by atoms with Crippen LogP contribution in [0.25, 0.3) is 0 Å². The van der Waals surface area contributed by atoms with Crippen LogP contribution in [0, 0.1) is 11.8 Å². The highest BCUT2D eigenvalue weighted by Crippen LogP contribution is 2.41. The molecule has 21 heavy (non-hydrogen) atoms. The molecule has 1 aliphatic heterocycles. The summed E-state index contributed by atoms with van der Waals surface area (Å²) in [5.41, 5.74) is 0. The topological polar surface area (TPSA) is 29.5 Å². The van der Waals surface area contributed by atoms with E-state index in [1.807, 2.05) is 31.9 Å². The minimum atomic E-state index is -1.87. The Bertz CT molecular complexity index is 412. The van der Waals surface area contributed by atoms with Gasteiger partial charge in [-0.05, 0) is 25.1 Å². The third kappa shape index (κ3) is 3.59. The minimum Gasteiger partial charge on any atom is -0.413 e. The van der Waals surface area contributed by atoms with Crippen LogP contribution in [0.15, 0.2) is 12.2 Å². The van der Waals surface area contributed by atoms with Gasteiger partial charge < -0.3 is 9.33 Å². The minimum absolute atomic E-state index is 0.00999. The molecule has 0 unspecified atom stereocenters. The summed E-state index contributed by atoms with van der Waals surface area (Å²) in [5, 5.41) is 0.162. The van der Waals surface area contributed by atoms with Gasteiger partial charge in [-0.25, -0.2) is 0 Å². The van der Waals surface area contributed by atoms with Crippen molar-refractivity contribution in [3.8, 4) is 0 Å². The number of rotatable bonds is 3. The van der Waals surface area contributed by atoms with Crippen molar-refractivity contribution >= 4 is 14.2 Å². The lowest BCUT2D eigenvalue weighted by molar-refractivity contribution is -0.147. The van der Waals surface area contributed by atoms with Crippen LogP contribution in [0.5, 0.6) is 0 Å². The quantitative estimate of drug-likeness (QED) is 0.581. The predicted octanol–water partition coefficient (Wildman–Crippen LogP) is 4.07. The van der Waals surface area contributed by atoms with Crippen molar-refractivity contribution in [2.24, 2.45) is 11.8 Å². The highest BCUT2D eigenvalue weighted by Gasteiger charge is 2.47. The monoisotopic (exact) mass is 311 g/mol. The molecule has 0 aromatic carbocycles. The van der Waals surface area contributed by atoms with Gasteiger partial charge in [0.15, 0.2) is 8.32 Å². The van der Waals surface area contributed by atoms with Crippen LogP contribution in [0.2, 0.25) is 18.1 Å². The van der Waals surface area contributed by atoms with Gasteiger partial charge in [-0.2, -0.15) is 0 Å². The Labute approximate surface area is 131 Å². The fraction of sp³-hybridized carbons (Fsp3) is 0.824. The molecular weight excluding hydrogens is 278 g/mol. The number of carbonyl (C=O) groups is 1. The van der Waals surface area contributed by atoms with Gasteiger partial charge in [0.25, 0.3) is 0 Å². The van der Waals surface area contributed by atoms with Crippen molar-refractivity contribution in [1.82, 2.24) is 4.90 Å². The lowest BCUT2D eigenvalue weighted by Gasteiger charge is -2.49. The number of carbonyl (C=O) groups excluding carboxylic acids is 1. The first-order chi connectivity index (χ1) is 9.44. The number of hydrogen-bond donors (Lipinski definition) is 0. The third-order valence-corrected chi connectivity index (χ3v) is 9.83. The summed E-state index contributed by atoms with van der Waals surface area (Å²) in [6.07, 6.45) is 4.16. The molecule has 0 N–H and O–H groups in total. The molecule has 1 heterocycles. The van der Waals surface area contributed by atoms with Gasteiger partial charge >= 0.3 is 0 Å². The summed E-state index contributed by atoms with van der Waals surface area (Å²) in [5.74, 6) is 0.438. The average Bonchev–Trinajstić information content (AvgIpc) is 2.36. The highest BCUT2D eigenvalue weighted by atomic mass is 28.4. The van der Waals surface area contributed by atoms with Gasteiger partial charge in [0, 0.05) is 13.0 Å². The first-order valence-corrected chi connectivity index (χ1v) is 10.9. The molecule has 0 aromatic rings. The lowest BCUT2D eigenvalue weighted by Crippen LogP contribution is -2.59. The van der Waals surface area contributed by atoms with Crippen LogP contribution in [0.1, 0.15) is 41.5 Å². The maximum absolute atomic E-state index is 12.5. The molecule has 3 nitrogen and oxygen atoms in total. The molecule has 0 spiro atoms. The first kappa shape index (κ1) is 18.4. The summed E-state index contributed by atoms with van der Waals surface area (Å²) < 4.78 is 6.62. The van der Waals surface area contributed by atoms with Crippen molar-refractivity contribution < 1.29 is 9.22 Å². The fourth-order valence-electron chi connectivity index (χ4n) is 2.84. The van der Waals surface area contributed by atoms with E-state index in [2.05, 4.69) is 46.9 Å². The van der Waals surface area contributed by atoms with E-state index in [0.717, 1.165) is 0 Å². The zero-order valence-electron chi connectivity index (χ0n) is 15.2. The van der Waals surface area contributed by atoms with Crippen LogP contribution < -0.4 is 0 Å². The maximum Gasteiger partial charge on any atom is 0.228 e. The smallest absolute Gasteiger partial charge is 0.228 e. The molecule has 0 radical (unpaired) electrons. The van der Waals surface area contributed by atoms with Crippen LogP contribution in [-0.2, 0) is 9.22 Å². The second-order valence-electron chi connectivity index (χ2n) is 7.96. The van der Waals surface area contributed by atoms with Gasteiger partial charge in [-0.1, -0.05) is 46.8 Å². The highest BCUT2D eigenvalue weighted by molar-refractivity contribution is 6.74. The van der Waals surface area contributed by atoms with Gasteiger partial charge in [0.1, 0.15) is 0 Å². The number of nitrogens with zero attached hydrogens (tertiary/aromatic N) is 1. The Kier molecular flexibility index (Phi) is 5.49. The Morgan fingerprint density at radius 2 is 1.76 bits per heavy atom.